The third-order valence-corrected chi connectivity index (χ3v) is 5.00. The highest BCUT2D eigenvalue weighted by Gasteiger charge is 2.33. The van der Waals surface area contributed by atoms with Gasteiger partial charge in [-0.05, 0) is 26.0 Å². The molecule has 1 aromatic heterocycles. The summed E-state index contributed by atoms with van der Waals surface area (Å²) in [5.41, 5.74) is -1.14. The molecule has 0 aliphatic heterocycles. The van der Waals surface area contributed by atoms with Gasteiger partial charge in [-0.2, -0.15) is 0 Å². The summed E-state index contributed by atoms with van der Waals surface area (Å²) in [4.78, 5) is 16.7. The molecule has 1 heterocycles. The van der Waals surface area contributed by atoms with Crippen LogP contribution in [0.4, 0.5) is 5.82 Å². The highest BCUT2D eigenvalue weighted by atomic mass is 32.2. The largest absolute Gasteiger partial charge is 0.480 e. The van der Waals surface area contributed by atoms with Crippen molar-refractivity contribution in [2.75, 3.05) is 26.0 Å². The van der Waals surface area contributed by atoms with Gasteiger partial charge in [0.05, 0.1) is 0 Å². The zero-order valence-electron chi connectivity index (χ0n) is 12.2. The second-order valence-corrected chi connectivity index (χ2v) is 7.21. The maximum Gasteiger partial charge on any atom is 0.328 e. The number of anilines is 1. The molecule has 0 unspecified atom stereocenters. The lowest BCUT2D eigenvalue weighted by atomic mass is 10.0. The lowest BCUT2D eigenvalue weighted by molar-refractivity contribution is -0.142. The van der Waals surface area contributed by atoms with Crippen molar-refractivity contribution in [3.63, 3.8) is 0 Å². The van der Waals surface area contributed by atoms with Crippen molar-refractivity contribution in [1.29, 1.82) is 0 Å². The molecule has 1 aromatic rings. The van der Waals surface area contributed by atoms with Crippen LogP contribution in [0.2, 0.25) is 0 Å². The molecule has 0 aliphatic carbocycles. The quantitative estimate of drug-likeness (QED) is 0.858. The molecule has 0 aliphatic rings. The Balaban J connectivity index is 3.13. The Bertz CT molecular complexity index is 594. The predicted molar refractivity (Wildman–Crippen MR) is 75.2 cm³/mol. The molecule has 0 bridgehead atoms. The van der Waals surface area contributed by atoms with Gasteiger partial charge in [0, 0.05) is 27.3 Å². The van der Waals surface area contributed by atoms with Crippen molar-refractivity contribution in [2.45, 2.75) is 24.3 Å². The fourth-order valence-electron chi connectivity index (χ4n) is 1.36. The van der Waals surface area contributed by atoms with Gasteiger partial charge in [-0.1, -0.05) is 0 Å². The van der Waals surface area contributed by atoms with E-state index in [2.05, 4.69) is 4.98 Å². The van der Waals surface area contributed by atoms with Gasteiger partial charge in [0.15, 0.2) is 0 Å². The van der Waals surface area contributed by atoms with E-state index in [1.54, 1.807) is 20.9 Å². The minimum absolute atomic E-state index is 0.0628. The van der Waals surface area contributed by atoms with Crippen LogP contribution in [0.5, 0.6) is 0 Å². The number of likely N-dealkylation sites (N-methyl/N-ethyl adjacent to an activating group) is 1. The van der Waals surface area contributed by atoms with Crippen LogP contribution in [-0.2, 0) is 14.8 Å². The zero-order chi connectivity index (χ0) is 15.7. The van der Waals surface area contributed by atoms with Gasteiger partial charge in [0.2, 0.25) is 10.0 Å². The summed E-state index contributed by atoms with van der Waals surface area (Å²) in [5.74, 6) is -0.609. The van der Waals surface area contributed by atoms with Crippen LogP contribution in [0, 0.1) is 0 Å². The topological polar surface area (TPSA) is 90.8 Å². The molecule has 0 radical (unpaired) electrons. The normalized spacial score (nSPS) is 12.5. The standard InChI is InChI=1S/C12H19N3O4S/c1-12(2,11(16)17)15(5)10-7-6-9(8-13-10)20(18,19)14(3)4/h6-8H,1-5H3,(H,16,17). The van der Waals surface area contributed by atoms with Crippen LogP contribution in [0.1, 0.15) is 13.8 Å². The summed E-state index contributed by atoms with van der Waals surface area (Å²) in [7, 11) is 0.926. The number of sulfonamides is 1. The van der Waals surface area contributed by atoms with Crippen molar-refractivity contribution in [3.8, 4) is 0 Å². The number of pyridine rings is 1. The maximum atomic E-state index is 11.9. The minimum atomic E-state index is -3.54. The molecule has 0 saturated carbocycles. The summed E-state index contributed by atoms with van der Waals surface area (Å²) in [5, 5.41) is 9.16. The zero-order valence-corrected chi connectivity index (χ0v) is 13.0. The first-order valence-corrected chi connectivity index (χ1v) is 7.31. The van der Waals surface area contributed by atoms with Gasteiger partial charge in [-0.3, -0.25) is 0 Å². The first kappa shape index (κ1) is 16.4. The third-order valence-electron chi connectivity index (χ3n) is 3.20. The molecular weight excluding hydrogens is 282 g/mol. The van der Waals surface area contributed by atoms with E-state index in [1.807, 2.05) is 0 Å². The number of carbonyl (C=O) groups is 1. The molecule has 0 fully saturated rings. The van der Waals surface area contributed by atoms with Crippen molar-refractivity contribution >= 4 is 21.8 Å². The van der Waals surface area contributed by atoms with E-state index >= 15 is 0 Å². The van der Waals surface area contributed by atoms with Crippen LogP contribution in [-0.4, -0.2) is 55.5 Å². The van der Waals surface area contributed by atoms with Crippen molar-refractivity contribution in [1.82, 2.24) is 9.29 Å². The smallest absolute Gasteiger partial charge is 0.328 e. The summed E-state index contributed by atoms with van der Waals surface area (Å²) >= 11 is 0. The van der Waals surface area contributed by atoms with Gasteiger partial charge >= 0.3 is 5.97 Å². The number of nitrogens with zero attached hydrogens (tertiary/aromatic N) is 3. The fourth-order valence-corrected chi connectivity index (χ4v) is 2.21. The molecule has 0 atom stereocenters. The molecule has 1 N–H and O–H groups in total. The first-order valence-electron chi connectivity index (χ1n) is 5.87. The highest BCUT2D eigenvalue weighted by Crippen LogP contribution is 2.22. The molecule has 8 heteroatoms. The summed E-state index contributed by atoms with van der Waals surface area (Å²) in [6.45, 7) is 3.09. The molecule has 112 valence electrons. The fraction of sp³-hybridized carbons (Fsp3) is 0.500. The lowest BCUT2D eigenvalue weighted by Crippen LogP contribution is -2.48. The van der Waals surface area contributed by atoms with Gasteiger partial charge in [0.25, 0.3) is 0 Å². The Morgan fingerprint density at radius 1 is 1.25 bits per heavy atom. The SMILES string of the molecule is CN(c1ccc(S(=O)(=O)N(C)C)cn1)C(C)(C)C(=O)O. The predicted octanol–water partition coefficient (Wildman–Crippen LogP) is 0.631. The van der Waals surface area contributed by atoms with Gasteiger partial charge < -0.3 is 10.0 Å². The number of aliphatic carboxylic acids is 1. The van der Waals surface area contributed by atoms with Gasteiger partial charge in [-0.15, -0.1) is 0 Å². The van der Waals surface area contributed by atoms with Crippen molar-refractivity contribution < 1.29 is 18.3 Å². The molecule has 0 aromatic carbocycles. The molecule has 0 spiro atoms. The van der Waals surface area contributed by atoms with Gasteiger partial charge in [0.1, 0.15) is 16.3 Å². The van der Waals surface area contributed by atoms with E-state index < -0.39 is 21.5 Å². The second kappa shape index (κ2) is 5.37. The number of carboxylic acids is 1. The van der Waals surface area contributed by atoms with E-state index in [9.17, 15) is 13.2 Å². The van der Waals surface area contributed by atoms with E-state index in [-0.39, 0.29) is 4.90 Å². The average Bonchev–Trinajstić information content (AvgIpc) is 2.37. The third kappa shape index (κ3) is 2.91. The Morgan fingerprint density at radius 2 is 1.80 bits per heavy atom. The average molecular weight is 301 g/mol. The van der Waals surface area contributed by atoms with Crippen molar-refractivity contribution in [3.05, 3.63) is 18.3 Å². The van der Waals surface area contributed by atoms with Gasteiger partial charge in [-0.25, -0.2) is 22.5 Å². The Hall–Kier alpha value is -1.67. The Kier molecular flexibility index (Phi) is 4.40. The van der Waals surface area contributed by atoms with Crippen LogP contribution < -0.4 is 4.90 Å². The number of hydrogen-bond acceptors (Lipinski definition) is 5. The Morgan fingerprint density at radius 3 is 2.15 bits per heavy atom. The summed E-state index contributed by atoms with van der Waals surface area (Å²) in [6.07, 6.45) is 1.22. The molecule has 20 heavy (non-hydrogen) atoms. The van der Waals surface area contributed by atoms with Crippen LogP contribution >= 0.6 is 0 Å². The lowest BCUT2D eigenvalue weighted by Gasteiger charge is -2.32. The molecule has 0 saturated heterocycles. The minimum Gasteiger partial charge on any atom is -0.480 e. The molecule has 0 amide bonds. The Labute approximate surface area is 118 Å². The summed E-state index contributed by atoms with van der Waals surface area (Å²) < 4.78 is 24.9. The van der Waals surface area contributed by atoms with Crippen LogP contribution in [0.3, 0.4) is 0 Å². The highest BCUT2D eigenvalue weighted by molar-refractivity contribution is 7.89. The van der Waals surface area contributed by atoms with E-state index in [0.717, 1.165) is 4.31 Å². The monoisotopic (exact) mass is 301 g/mol. The summed E-state index contributed by atoms with van der Waals surface area (Å²) in [6, 6.07) is 2.90. The van der Waals surface area contributed by atoms with Crippen LogP contribution in [0.15, 0.2) is 23.2 Å². The number of carboxylic acid groups (broad SMARTS) is 1. The molecule has 7 nitrogen and oxygen atoms in total. The maximum absolute atomic E-state index is 11.9. The van der Waals surface area contributed by atoms with E-state index in [1.165, 1.54) is 37.3 Å². The van der Waals surface area contributed by atoms with E-state index in [0.29, 0.717) is 5.82 Å². The second-order valence-electron chi connectivity index (χ2n) is 5.06. The first-order chi connectivity index (χ1) is 9.01. The van der Waals surface area contributed by atoms with E-state index in [4.69, 9.17) is 5.11 Å². The number of rotatable bonds is 5. The van der Waals surface area contributed by atoms with Crippen LogP contribution in [0.25, 0.3) is 0 Å². The number of hydrogen-bond donors (Lipinski definition) is 1. The molecule has 1 rings (SSSR count). The molecular formula is C12H19N3O4S. The van der Waals surface area contributed by atoms with Crippen molar-refractivity contribution in [2.24, 2.45) is 0 Å². The number of aromatic nitrogens is 1.